The van der Waals surface area contributed by atoms with Crippen molar-refractivity contribution < 1.29 is 9.90 Å². The molecule has 19 heavy (non-hydrogen) atoms. The van der Waals surface area contributed by atoms with Gasteiger partial charge in [0, 0.05) is 17.8 Å². The number of carboxylic acids is 1. The van der Waals surface area contributed by atoms with E-state index in [4.69, 9.17) is 0 Å². The van der Waals surface area contributed by atoms with Crippen LogP contribution in [0.5, 0.6) is 0 Å². The van der Waals surface area contributed by atoms with Crippen LogP contribution in [-0.4, -0.2) is 31.2 Å². The summed E-state index contributed by atoms with van der Waals surface area (Å²) >= 11 is 0. The average Bonchev–Trinajstić information content (AvgIpc) is 2.75. The van der Waals surface area contributed by atoms with E-state index in [2.05, 4.69) is 15.4 Å². The fourth-order valence-electron chi connectivity index (χ4n) is 1.63. The monoisotopic (exact) mass is 262 g/mol. The molecule has 2 rings (SSSR count). The Kier molecular flexibility index (Phi) is 2.96. The summed E-state index contributed by atoms with van der Waals surface area (Å²) in [4.78, 5) is 15.7. The molecular weight excluding hydrogens is 244 g/mol. The van der Waals surface area contributed by atoms with Crippen LogP contribution in [0.15, 0.2) is 24.5 Å². The molecule has 0 aromatic carbocycles. The standard InChI is InChI=1S/C13H18N4O2/c1-12(2,11(18)19)13(3,4)16-9-6-8-17-10(15-9)5-7-14-17/h5-8H,1-4H3,(H,15,16)(H,18,19). The van der Waals surface area contributed by atoms with E-state index in [0.29, 0.717) is 11.5 Å². The average molecular weight is 262 g/mol. The molecule has 0 aliphatic carbocycles. The van der Waals surface area contributed by atoms with Crippen molar-refractivity contribution in [3.05, 3.63) is 24.5 Å². The molecule has 0 saturated carbocycles. The topological polar surface area (TPSA) is 79.5 Å². The third kappa shape index (κ3) is 2.25. The molecule has 0 saturated heterocycles. The Bertz CT molecular complexity index is 616. The SMILES string of the molecule is CC(C)(Nc1ccn2nccc2n1)C(C)(C)C(=O)O. The second-order valence-electron chi connectivity index (χ2n) is 5.63. The van der Waals surface area contributed by atoms with Crippen LogP contribution >= 0.6 is 0 Å². The van der Waals surface area contributed by atoms with Crippen molar-refractivity contribution >= 4 is 17.4 Å². The zero-order valence-corrected chi connectivity index (χ0v) is 11.5. The number of carbonyl (C=O) groups is 1. The number of aromatic nitrogens is 3. The summed E-state index contributed by atoms with van der Waals surface area (Å²) in [5, 5.41) is 16.6. The molecule has 6 nitrogen and oxygen atoms in total. The van der Waals surface area contributed by atoms with Crippen molar-refractivity contribution in [2.45, 2.75) is 33.2 Å². The van der Waals surface area contributed by atoms with Crippen molar-refractivity contribution in [1.82, 2.24) is 14.6 Å². The van der Waals surface area contributed by atoms with E-state index in [1.165, 1.54) is 0 Å². The first-order valence-electron chi connectivity index (χ1n) is 6.06. The molecule has 2 aromatic rings. The molecule has 0 bridgehead atoms. The Morgan fingerprint density at radius 2 is 2.00 bits per heavy atom. The van der Waals surface area contributed by atoms with Gasteiger partial charge in [0.15, 0.2) is 5.65 Å². The van der Waals surface area contributed by atoms with Gasteiger partial charge in [-0.2, -0.15) is 5.10 Å². The number of nitrogens with zero attached hydrogens (tertiary/aromatic N) is 3. The highest BCUT2D eigenvalue weighted by Gasteiger charge is 2.43. The van der Waals surface area contributed by atoms with Gasteiger partial charge >= 0.3 is 5.97 Å². The van der Waals surface area contributed by atoms with Gasteiger partial charge in [-0.1, -0.05) is 0 Å². The van der Waals surface area contributed by atoms with Crippen LogP contribution in [0, 0.1) is 5.41 Å². The first-order chi connectivity index (χ1) is 8.74. The molecule has 2 aromatic heterocycles. The van der Waals surface area contributed by atoms with Crippen molar-refractivity contribution in [1.29, 1.82) is 0 Å². The molecule has 0 amide bonds. The second kappa shape index (κ2) is 4.22. The predicted octanol–water partition coefficient (Wildman–Crippen LogP) is 2.03. The molecule has 2 heterocycles. The number of fused-ring (bicyclic) bond motifs is 1. The van der Waals surface area contributed by atoms with Crippen LogP contribution in [0.3, 0.4) is 0 Å². The first-order valence-corrected chi connectivity index (χ1v) is 6.06. The van der Waals surface area contributed by atoms with E-state index in [9.17, 15) is 9.90 Å². The molecule has 0 fully saturated rings. The van der Waals surface area contributed by atoms with Crippen LogP contribution in [0.1, 0.15) is 27.7 Å². The lowest BCUT2D eigenvalue weighted by Gasteiger charge is -2.39. The molecular formula is C13H18N4O2. The lowest BCUT2D eigenvalue weighted by atomic mass is 9.74. The highest BCUT2D eigenvalue weighted by Crippen LogP contribution is 2.33. The molecule has 6 heteroatoms. The third-order valence-corrected chi connectivity index (χ3v) is 3.80. The quantitative estimate of drug-likeness (QED) is 0.881. The zero-order chi connectivity index (χ0) is 14.3. The minimum Gasteiger partial charge on any atom is -0.481 e. The lowest BCUT2D eigenvalue weighted by Crippen LogP contribution is -2.50. The van der Waals surface area contributed by atoms with Gasteiger partial charge in [0.1, 0.15) is 5.82 Å². The van der Waals surface area contributed by atoms with E-state index in [0.717, 1.165) is 0 Å². The molecule has 0 aliphatic heterocycles. The number of hydrogen-bond donors (Lipinski definition) is 2. The number of rotatable bonds is 4. The van der Waals surface area contributed by atoms with Crippen LogP contribution in [-0.2, 0) is 4.79 Å². The number of carboxylic acid groups (broad SMARTS) is 1. The summed E-state index contributed by atoms with van der Waals surface area (Å²) in [5.74, 6) is -0.220. The van der Waals surface area contributed by atoms with E-state index in [1.54, 1.807) is 42.9 Å². The maximum absolute atomic E-state index is 11.4. The predicted molar refractivity (Wildman–Crippen MR) is 72.1 cm³/mol. The highest BCUT2D eigenvalue weighted by molar-refractivity contribution is 5.76. The van der Waals surface area contributed by atoms with Crippen molar-refractivity contribution in [2.24, 2.45) is 5.41 Å². The van der Waals surface area contributed by atoms with Crippen LogP contribution in [0.25, 0.3) is 5.65 Å². The van der Waals surface area contributed by atoms with Crippen LogP contribution in [0.4, 0.5) is 5.82 Å². The van der Waals surface area contributed by atoms with Gasteiger partial charge < -0.3 is 10.4 Å². The fraction of sp³-hybridized carbons (Fsp3) is 0.462. The molecule has 102 valence electrons. The van der Waals surface area contributed by atoms with Gasteiger partial charge in [0.05, 0.1) is 11.6 Å². The summed E-state index contributed by atoms with van der Waals surface area (Å²) < 4.78 is 1.65. The van der Waals surface area contributed by atoms with Gasteiger partial charge in [-0.3, -0.25) is 4.79 Å². The van der Waals surface area contributed by atoms with E-state index >= 15 is 0 Å². The van der Waals surface area contributed by atoms with Gasteiger partial charge in [-0.05, 0) is 33.8 Å². The van der Waals surface area contributed by atoms with Gasteiger partial charge in [0.25, 0.3) is 0 Å². The molecule has 0 radical (unpaired) electrons. The minimum absolute atomic E-state index is 0.632. The molecule has 0 atom stereocenters. The van der Waals surface area contributed by atoms with Gasteiger partial charge in [-0.25, -0.2) is 9.50 Å². The van der Waals surface area contributed by atoms with Gasteiger partial charge in [-0.15, -0.1) is 0 Å². The van der Waals surface area contributed by atoms with E-state index in [-0.39, 0.29) is 0 Å². The number of nitrogens with one attached hydrogen (secondary N) is 1. The molecule has 0 unspecified atom stereocenters. The van der Waals surface area contributed by atoms with Crippen LogP contribution in [0.2, 0.25) is 0 Å². The highest BCUT2D eigenvalue weighted by atomic mass is 16.4. The Balaban J connectivity index is 2.31. The second-order valence-corrected chi connectivity index (χ2v) is 5.63. The smallest absolute Gasteiger partial charge is 0.311 e. The number of aliphatic carboxylic acids is 1. The summed E-state index contributed by atoms with van der Waals surface area (Å²) in [7, 11) is 0. The minimum atomic E-state index is -0.930. The Morgan fingerprint density at radius 1 is 1.32 bits per heavy atom. The summed E-state index contributed by atoms with van der Waals surface area (Å²) in [6.07, 6.45) is 3.45. The van der Waals surface area contributed by atoms with Crippen molar-refractivity contribution in [2.75, 3.05) is 5.32 Å². The molecule has 2 N–H and O–H groups in total. The molecule has 0 aliphatic rings. The van der Waals surface area contributed by atoms with Crippen molar-refractivity contribution in [3.8, 4) is 0 Å². The normalized spacial score (nSPS) is 12.6. The zero-order valence-electron chi connectivity index (χ0n) is 11.5. The number of anilines is 1. The number of hydrogen-bond acceptors (Lipinski definition) is 4. The summed E-state index contributed by atoms with van der Waals surface area (Å²) in [6.45, 7) is 7.09. The summed E-state index contributed by atoms with van der Waals surface area (Å²) in [6, 6.07) is 3.57. The lowest BCUT2D eigenvalue weighted by molar-refractivity contribution is -0.149. The van der Waals surface area contributed by atoms with Gasteiger partial charge in [0.2, 0.25) is 0 Å². The maximum atomic E-state index is 11.4. The largest absolute Gasteiger partial charge is 0.481 e. The Morgan fingerprint density at radius 3 is 2.63 bits per heavy atom. The van der Waals surface area contributed by atoms with E-state index < -0.39 is 16.9 Å². The Hall–Kier alpha value is -2.11. The molecule has 0 spiro atoms. The third-order valence-electron chi connectivity index (χ3n) is 3.80. The summed E-state index contributed by atoms with van der Waals surface area (Å²) in [5.41, 5.74) is -0.862. The van der Waals surface area contributed by atoms with Crippen LogP contribution < -0.4 is 5.32 Å². The fourth-order valence-corrected chi connectivity index (χ4v) is 1.63. The first kappa shape index (κ1) is 13.3. The van der Waals surface area contributed by atoms with E-state index in [1.807, 2.05) is 13.8 Å². The maximum Gasteiger partial charge on any atom is 0.311 e. The van der Waals surface area contributed by atoms with Crippen molar-refractivity contribution in [3.63, 3.8) is 0 Å². The Labute approximate surface area is 111 Å².